The van der Waals surface area contributed by atoms with Crippen molar-refractivity contribution in [3.05, 3.63) is 71.8 Å². The fourth-order valence-electron chi connectivity index (χ4n) is 3.32. The largest absolute Gasteiger partial charge is 0.326 e. The average Bonchev–Trinajstić information content (AvgIpc) is 2.96. The number of Topliss-reactive ketones (excluding diaryl/α,β-unsaturated/α-hetero) is 1. The van der Waals surface area contributed by atoms with E-state index in [0.29, 0.717) is 23.0 Å². The van der Waals surface area contributed by atoms with Crippen molar-refractivity contribution < 1.29 is 14.4 Å². The molecule has 0 aliphatic carbocycles. The first kappa shape index (κ1) is 22.5. The Bertz CT molecular complexity index is 1040. The second kappa shape index (κ2) is 9.75. The Morgan fingerprint density at radius 2 is 1.81 bits per heavy atom. The quantitative estimate of drug-likeness (QED) is 0.507. The molecular formula is C24H25N3O3S. The molecule has 2 amide bonds. The maximum atomic E-state index is 12.9. The Hall–Kier alpha value is -3.19. The molecule has 1 heterocycles. The van der Waals surface area contributed by atoms with Crippen LogP contribution in [-0.4, -0.2) is 39.5 Å². The van der Waals surface area contributed by atoms with Gasteiger partial charge in [-0.25, -0.2) is 4.99 Å². The van der Waals surface area contributed by atoms with Crippen LogP contribution in [0.1, 0.15) is 34.8 Å². The molecule has 3 rings (SSSR count). The lowest BCUT2D eigenvalue weighted by molar-refractivity contribution is -0.127. The SMILES string of the molecule is C=CCN1C(=O)C(CC(=O)Nc2ccc(C(C)=O)cc2)SC1=Nc1cc(C)cc(C)c1. The van der Waals surface area contributed by atoms with Crippen LogP contribution in [0.3, 0.4) is 0 Å². The molecule has 1 unspecified atom stereocenters. The molecule has 1 saturated heterocycles. The van der Waals surface area contributed by atoms with Gasteiger partial charge in [0.2, 0.25) is 11.8 Å². The van der Waals surface area contributed by atoms with E-state index in [9.17, 15) is 14.4 Å². The number of thioether (sulfide) groups is 1. The van der Waals surface area contributed by atoms with E-state index in [1.54, 1.807) is 35.2 Å². The number of amidine groups is 1. The summed E-state index contributed by atoms with van der Waals surface area (Å²) in [5, 5.41) is 2.80. The Balaban J connectivity index is 1.73. The highest BCUT2D eigenvalue weighted by atomic mass is 32.2. The zero-order chi connectivity index (χ0) is 22.5. The monoisotopic (exact) mass is 435 g/mol. The first-order chi connectivity index (χ1) is 14.8. The van der Waals surface area contributed by atoms with Gasteiger partial charge in [0, 0.05) is 24.2 Å². The molecule has 1 aliphatic heterocycles. The number of aliphatic imine (C=N–C) groups is 1. The molecule has 1 fully saturated rings. The van der Waals surface area contributed by atoms with Crippen molar-refractivity contribution in [2.75, 3.05) is 11.9 Å². The van der Waals surface area contributed by atoms with Crippen LogP contribution in [-0.2, 0) is 9.59 Å². The third-order valence-corrected chi connectivity index (χ3v) is 5.88. The minimum atomic E-state index is -0.555. The van der Waals surface area contributed by atoms with E-state index in [0.717, 1.165) is 16.8 Å². The van der Waals surface area contributed by atoms with Gasteiger partial charge in [0.15, 0.2) is 11.0 Å². The fraction of sp³-hybridized carbons (Fsp3) is 0.250. The molecule has 0 spiro atoms. The first-order valence-electron chi connectivity index (χ1n) is 9.93. The summed E-state index contributed by atoms with van der Waals surface area (Å²) in [6.45, 7) is 9.55. The third kappa shape index (κ3) is 5.70. The molecule has 1 N–H and O–H groups in total. The van der Waals surface area contributed by atoms with Crippen molar-refractivity contribution in [1.82, 2.24) is 4.90 Å². The number of carbonyl (C=O) groups excluding carboxylic acids is 3. The molecule has 160 valence electrons. The summed E-state index contributed by atoms with van der Waals surface area (Å²) in [7, 11) is 0. The highest BCUT2D eigenvalue weighted by Crippen LogP contribution is 2.32. The lowest BCUT2D eigenvalue weighted by atomic mass is 10.1. The maximum Gasteiger partial charge on any atom is 0.242 e. The van der Waals surface area contributed by atoms with E-state index in [1.807, 2.05) is 26.0 Å². The molecule has 2 aromatic carbocycles. The number of anilines is 1. The zero-order valence-electron chi connectivity index (χ0n) is 17.8. The molecule has 7 heteroatoms. The summed E-state index contributed by atoms with van der Waals surface area (Å²) in [6, 6.07) is 12.7. The van der Waals surface area contributed by atoms with E-state index in [-0.39, 0.29) is 24.0 Å². The van der Waals surface area contributed by atoms with Crippen LogP contribution in [0.5, 0.6) is 0 Å². The van der Waals surface area contributed by atoms with Crippen molar-refractivity contribution in [2.45, 2.75) is 32.4 Å². The van der Waals surface area contributed by atoms with Crippen LogP contribution in [0.25, 0.3) is 0 Å². The molecular weight excluding hydrogens is 410 g/mol. The minimum Gasteiger partial charge on any atom is -0.326 e. The summed E-state index contributed by atoms with van der Waals surface area (Å²) in [5.41, 5.74) is 4.12. The molecule has 1 aliphatic rings. The number of nitrogens with zero attached hydrogens (tertiary/aromatic N) is 2. The molecule has 0 radical (unpaired) electrons. The van der Waals surface area contributed by atoms with Crippen LogP contribution in [0.4, 0.5) is 11.4 Å². The minimum absolute atomic E-state index is 0.0253. The number of carbonyl (C=O) groups is 3. The summed E-state index contributed by atoms with van der Waals surface area (Å²) in [6.07, 6.45) is 1.67. The normalized spacial score (nSPS) is 17.1. The van der Waals surface area contributed by atoms with Crippen molar-refractivity contribution >= 4 is 45.9 Å². The van der Waals surface area contributed by atoms with Crippen LogP contribution >= 0.6 is 11.8 Å². The molecule has 2 aromatic rings. The third-order valence-electron chi connectivity index (χ3n) is 4.71. The zero-order valence-corrected chi connectivity index (χ0v) is 18.7. The molecule has 0 aromatic heterocycles. The van der Waals surface area contributed by atoms with Crippen molar-refractivity contribution in [2.24, 2.45) is 4.99 Å². The van der Waals surface area contributed by atoms with E-state index >= 15 is 0 Å². The lowest BCUT2D eigenvalue weighted by Gasteiger charge is -2.14. The number of aryl methyl sites for hydroxylation is 2. The number of hydrogen-bond donors (Lipinski definition) is 1. The number of amides is 2. The van der Waals surface area contributed by atoms with Gasteiger partial charge >= 0.3 is 0 Å². The van der Waals surface area contributed by atoms with E-state index in [2.05, 4.69) is 23.0 Å². The van der Waals surface area contributed by atoms with Gasteiger partial charge in [-0.3, -0.25) is 19.3 Å². The Morgan fingerprint density at radius 3 is 2.39 bits per heavy atom. The van der Waals surface area contributed by atoms with E-state index in [1.165, 1.54) is 18.7 Å². The Morgan fingerprint density at radius 1 is 1.16 bits per heavy atom. The van der Waals surface area contributed by atoms with Crippen LogP contribution in [0.15, 0.2) is 60.1 Å². The van der Waals surface area contributed by atoms with Crippen molar-refractivity contribution in [1.29, 1.82) is 0 Å². The second-order valence-corrected chi connectivity index (χ2v) is 8.64. The fourth-order valence-corrected chi connectivity index (χ4v) is 4.48. The number of hydrogen-bond acceptors (Lipinski definition) is 5. The number of nitrogens with one attached hydrogen (secondary N) is 1. The summed E-state index contributed by atoms with van der Waals surface area (Å²) in [5.74, 6) is -0.466. The van der Waals surface area contributed by atoms with Crippen molar-refractivity contribution in [3.8, 4) is 0 Å². The standard InChI is InChI=1S/C24H25N3O3S/c1-5-10-27-23(30)21(31-24(27)26-20-12-15(2)11-16(3)13-20)14-22(29)25-19-8-6-18(7-9-19)17(4)28/h5-9,11-13,21H,1,10,14H2,2-4H3,(H,25,29). The van der Waals surface area contributed by atoms with E-state index < -0.39 is 5.25 Å². The first-order valence-corrected chi connectivity index (χ1v) is 10.8. The molecule has 0 bridgehead atoms. The number of rotatable bonds is 7. The topological polar surface area (TPSA) is 78.8 Å². The van der Waals surface area contributed by atoms with Gasteiger partial charge in [-0.2, -0.15) is 0 Å². The van der Waals surface area contributed by atoms with Gasteiger partial charge in [0.1, 0.15) is 5.25 Å². The van der Waals surface area contributed by atoms with Crippen LogP contribution in [0.2, 0.25) is 0 Å². The molecule has 6 nitrogen and oxygen atoms in total. The van der Waals surface area contributed by atoms with Gasteiger partial charge in [-0.1, -0.05) is 23.9 Å². The Labute approximate surface area is 186 Å². The molecule has 31 heavy (non-hydrogen) atoms. The van der Waals surface area contributed by atoms with E-state index in [4.69, 9.17) is 0 Å². The van der Waals surface area contributed by atoms with Gasteiger partial charge in [-0.15, -0.1) is 6.58 Å². The number of ketones is 1. The smallest absolute Gasteiger partial charge is 0.242 e. The highest BCUT2D eigenvalue weighted by Gasteiger charge is 2.38. The van der Waals surface area contributed by atoms with Gasteiger partial charge in [0.25, 0.3) is 0 Å². The molecule has 1 atom stereocenters. The predicted molar refractivity (Wildman–Crippen MR) is 126 cm³/mol. The highest BCUT2D eigenvalue weighted by molar-refractivity contribution is 8.15. The van der Waals surface area contributed by atoms with Crippen LogP contribution in [0, 0.1) is 13.8 Å². The Kier molecular flexibility index (Phi) is 7.07. The van der Waals surface area contributed by atoms with Crippen LogP contribution < -0.4 is 5.32 Å². The number of benzene rings is 2. The second-order valence-electron chi connectivity index (χ2n) is 7.47. The van der Waals surface area contributed by atoms with Gasteiger partial charge in [-0.05, 0) is 68.3 Å². The van der Waals surface area contributed by atoms with Gasteiger partial charge in [0.05, 0.1) is 5.69 Å². The average molecular weight is 436 g/mol. The lowest BCUT2D eigenvalue weighted by Crippen LogP contribution is -2.33. The predicted octanol–water partition coefficient (Wildman–Crippen LogP) is 4.65. The van der Waals surface area contributed by atoms with Gasteiger partial charge < -0.3 is 5.32 Å². The summed E-state index contributed by atoms with van der Waals surface area (Å²) < 4.78 is 0. The summed E-state index contributed by atoms with van der Waals surface area (Å²) in [4.78, 5) is 43.0. The summed E-state index contributed by atoms with van der Waals surface area (Å²) >= 11 is 1.29. The van der Waals surface area contributed by atoms with Crippen molar-refractivity contribution in [3.63, 3.8) is 0 Å². The molecule has 0 saturated carbocycles. The maximum absolute atomic E-state index is 12.9.